The molecule has 0 amide bonds. The molecule has 0 saturated carbocycles. The van der Waals surface area contributed by atoms with Crippen molar-refractivity contribution >= 4 is 0 Å². The third kappa shape index (κ3) is 7.92. The molecule has 10 heavy (non-hydrogen) atoms. The Morgan fingerprint density at radius 3 is 1.40 bits per heavy atom. The number of ether oxygens (including phenoxy) is 2. The summed E-state index contributed by atoms with van der Waals surface area (Å²) in [5, 5.41) is 0. The Balaban J connectivity index is 2.65. The molecule has 2 radical (unpaired) electrons. The summed E-state index contributed by atoms with van der Waals surface area (Å²) in [7, 11) is 0. The van der Waals surface area contributed by atoms with Gasteiger partial charge in [0.25, 0.3) is 0 Å². The smallest absolute Gasteiger partial charge is 0.0700 e. The summed E-state index contributed by atoms with van der Waals surface area (Å²) in [6.07, 6.45) is 1.66. The summed E-state index contributed by atoms with van der Waals surface area (Å²) in [5.74, 6) is 0. The van der Waals surface area contributed by atoms with E-state index in [4.69, 9.17) is 9.47 Å². The van der Waals surface area contributed by atoms with Crippen molar-refractivity contribution in [2.45, 2.75) is 12.8 Å². The maximum atomic E-state index is 5.12. The molecular formula is C8H16O2. The van der Waals surface area contributed by atoms with Gasteiger partial charge in [-0.15, -0.1) is 0 Å². The summed E-state index contributed by atoms with van der Waals surface area (Å²) in [6, 6.07) is 0. The van der Waals surface area contributed by atoms with Crippen LogP contribution in [-0.4, -0.2) is 26.4 Å². The normalized spacial score (nSPS) is 10.2. The maximum absolute atomic E-state index is 5.12. The van der Waals surface area contributed by atoms with Crippen LogP contribution in [0.1, 0.15) is 12.8 Å². The van der Waals surface area contributed by atoms with Crippen molar-refractivity contribution in [1.82, 2.24) is 0 Å². The van der Waals surface area contributed by atoms with E-state index >= 15 is 0 Å². The highest BCUT2D eigenvalue weighted by molar-refractivity contribution is 4.38. The Hall–Kier alpha value is -0.0800. The van der Waals surface area contributed by atoms with Crippen LogP contribution in [0.25, 0.3) is 0 Å². The molecule has 2 nitrogen and oxygen atoms in total. The molecule has 0 aliphatic heterocycles. The Morgan fingerprint density at radius 2 is 1.10 bits per heavy atom. The summed E-state index contributed by atoms with van der Waals surface area (Å²) in [4.78, 5) is 0. The van der Waals surface area contributed by atoms with Crippen molar-refractivity contribution in [3.8, 4) is 0 Å². The first-order chi connectivity index (χ1) is 4.91. The monoisotopic (exact) mass is 144 g/mol. The van der Waals surface area contributed by atoms with Crippen LogP contribution in [0.15, 0.2) is 0 Å². The standard InChI is InChI=1S/C8H16O2/c1-3-5-9-7-8-10-6-4-2/h1-8H2. The van der Waals surface area contributed by atoms with Crippen LogP contribution in [0.2, 0.25) is 0 Å². The van der Waals surface area contributed by atoms with E-state index < -0.39 is 0 Å². The predicted molar refractivity (Wildman–Crippen MR) is 41.6 cm³/mol. The van der Waals surface area contributed by atoms with Crippen LogP contribution in [0.3, 0.4) is 0 Å². The SMILES string of the molecule is [CH2]CCOCCOCC[CH2]. The van der Waals surface area contributed by atoms with Crippen LogP contribution in [0.5, 0.6) is 0 Å². The number of hydrogen-bond donors (Lipinski definition) is 0. The van der Waals surface area contributed by atoms with Crippen molar-refractivity contribution in [3.05, 3.63) is 13.8 Å². The molecule has 0 atom stereocenters. The zero-order chi connectivity index (χ0) is 7.66. The number of rotatable bonds is 7. The second-order valence-electron chi connectivity index (χ2n) is 1.93. The lowest BCUT2D eigenvalue weighted by molar-refractivity contribution is 0.0510. The minimum atomic E-state index is 0.676. The van der Waals surface area contributed by atoms with Gasteiger partial charge in [-0.3, -0.25) is 0 Å². The molecule has 0 aromatic carbocycles. The van der Waals surface area contributed by atoms with E-state index in [-0.39, 0.29) is 0 Å². The van der Waals surface area contributed by atoms with Gasteiger partial charge in [0.1, 0.15) is 0 Å². The van der Waals surface area contributed by atoms with Gasteiger partial charge in [-0.05, 0) is 12.8 Å². The minimum absolute atomic E-state index is 0.676. The molecule has 0 aromatic heterocycles. The molecular weight excluding hydrogens is 128 g/mol. The van der Waals surface area contributed by atoms with Gasteiger partial charge in [-0.25, -0.2) is 0 Å². The van der Waals surface area contributed by atoms with Gasteiger partial charge in [0.2, 0.25) is 0 Å². The Kier molecular flexibility index (Phi) is 8.85. The average Bonchev–Trinajstić information content (AvgIpc) is 1.97. The van der Waals surface area contributed by atoms with Crippen LogP contribution in [-0.2, 0) is 9.47 Å². The van der Waals surface area contributed by atoms with E-state index in [0.29, 0.717) is 13.2 Å². The molecule has 0 aliphatic carbocycles. The van der Waals surface area contributed by atoms with Crippen LogP contribution in [0.4, 0.5) is 0 Å². The second kappa shape index (κ2) is 8.92. The largest absolute Gasteiger partial charge is 0.379 e. The summed E-state index contributed by atoms with van der Waals surface area (Å²) in [5.41, 5.74) is 0. The molecule has 0 aromatic rings. The Morgan fingerprint density at radius 1 is 0.700 bits per heavy atom. The Bertz CT molecular complexity index is 47.2. The van der Waals surface area contributed by atoms with Crippen LogP contribution >= 0.6 is 0 Å². The molecule has 0 heterocycles. The minimum Gasteiger partial charge on any atom is -0.379 e. The molecule has 0 unspecified atom stereocenters. The lowest BCUT2D eigenvalue weighted by Gasteiger charge is -2.02. The first-order valence-electron chi connectivity index (χ1n) is 3.65. The maximum Gasteiger partial charge on any atom is 0.0700 e. The van der Waals surface area contributed by atoms with Gasteiger partial charge < -0.3 is 9.47 Å². The van der Waals surface area contributed by atoms with E-state index in [9.17, 15) is 0 Å². The van der Waals surface area contributed by atoms with E-state index in [1.807, 2.05) is 0 Å². The van der Waals surface area contributed by atoms with Gasteiger partial charge in [0.05, 0.1) is 13.2 Å². The third-order valence-electron chi connectivity index (χ3n) is 0.949. The number of hydrogen-bond acceptors (Lipinski definition) is 2. The van der Waals surface area contributed by atoms with Gasteiger partial charge in [0.15, 0.2) is 0 Å². The van der Waals surface area contributed by atoms with Crippen LogP contribution in [0, 0.1) is 13.8 Å². The quantitative estimate of drug-likeness (QED) is 0.504. The van der Waals surface area contributed by atoms with Crippen molar-refractivity contribution in [1.29, 1.82) is 0 Å². The predicted octanol–water partition coefficient (Wildman–Crippen LogP) is 1.47. The second-order valence-corrected chi connectivity index (χ2v) is 1.93. The molecule has 60 valence electrons. The Labute approximate surface area is 63.5 Å². The van der Waals surface area contributed by atoms with E-state index in [1.165, 1.54) is 0 Å². The summed E-state index contributed by atoms with van der Waals surface area (Å²) in [6.45, 7) is 10.1. The average molecular weight is 144 g/mol. The topological polar surface area (TPSA) is 18.5 Å². The van der Waals surface area contributed by atoms with Crippen molar-refractivity contribution in [2.75, 3.05) is 26.4 Å². The fraction of sp³-hybridized carbons (Fsp3) is 0.750. The van der Waals surface area contributed by atoms with E-state index in [0.717, 1.165) is 26.1 Å². The zero-order valence-electron chi connectivity index (χ0n) is 6.47. The summed E-state index contributed by atoms with van der Waals surface area (Å²) >= 11 is 0. The van der Waals surface area contributed by atoms with Gasteiger partial charge in [-0.2, -0.15) is 0 Å². The van der Waals surface area contributed by atoms with Crippen molar-refractivity contribution in [3.63, 3.8) is 0 Å². The molecule has 0 aliphatic rings. The molecule has 0 N–H and O–H groups in total. The highest BCUT2D eigenvalue weighted by Crippen LogP contribution is 1.82. The molecule has 0 fully saturated rings. The van der Waals surface area contributed by atoms with E-state index in [1.54, 1.807) is 0 Å². The first-order valence-corrected chi connectivity index (χ1v) is 3.65. The summed E-state index contributed by atoms with van der Waals surface area (Å²) < 4.78 is 10.2. The van der Waals surface area contributed by atoms with Gasteiger partial charge >= 0.3 is 0 Å². The molecule has 0 rings (SSSR count). The lowest BCUT2D eigenvalue weighted by atomic mass is 10.5. The highest BCUT2D eigenvalue weighted by Gasteiger charge is 1.85. The lowest BCUT2D eigenvalue weighted by Crippen LogP contribution is -2.05. The first kappa shape index (κ1) is 9.92. The third-order valence-corrected chi connectivity index (χ3v) is 0.949. The molecule has 0 bridgehead atoms. The fourth-order valence-electron chi connectivity index (χ4n) is 0.526. The van der Waals surface area contributed by atoms with Gasteiger partial charge in [-0.1, -0.05) is 13.8 Å². The zero-order valence-corrected chi connectivity index (χ0v) is 6.47. The van der Waals surface area contributed by atoms with Gasteiger partial charge in [0, 0.05) is 13.2 Å². The molecule has 0 spiro atoms. The fourth-order valence-corrected chi connectivity index (χ4v) is 0.526. The highest BCUT2D eigenvalue weighted by atomic mass is 16.5. The molecule has 0 saturated heterocycles. The van der Waals surface area contributed by atoms with Crippen molar-refractivity contribution < 1.29 is 9.47 Å². The molecule has 2 heteroatoms. The van der Waals surface area contributed by atoms with E-state index in [2.05, 4.69) is 13.8 Å². The van der Waals surface area contributed by atoms with Crippen LogP contribution < -0.4 is 0 Å². The van der Waals surface area contributed by atoms with Crippen molar-refractivity contribution in [2.24, 2.45) is 0 Å².